The van der Waals surface area contributed by atoms with Crippen LogP contribution in [-0.2, 0) is 4.79 Å². The maximum atomic E-state index is 13.1. The molecule has 2 aromatic carbocycles. The number of nitrogens with one attached hydrogen (secondary N) is 1. The molecule has 1 atom stereocenters. The van der Waals surface area contributed by atoms with Crippen LogP contribution in [-0.4, -0.2) is 27.2 Å². The first kappa shape index (κ1) is 18.6. The van der Waals surface area contributed by atoms with E-state index in [4.69, 9.17) is 14.2 Å². The van der Waals surface area contributed by atoms with Crippen molar-refractivity contribution in [1.82, 2.24) is 0 Å². The number of hydrogen-bond acceptors (Lipinski definition) is 4. The maximum absolute atomic E-state index is 13.1. The Morgan fingerprint density at radius 2 is 1.60 bits per heavy atom. The molecular weight excluding hydrogens is 325 g/mol. The second-order valence-electron chi connectivity index (χ2n) is 5.42. The zero-order valence-electron chi connectivity index (χ0n) is 14.8. The summed E-state index contributed by atoms with van der Waals surface area (Å²) in [4.78, 5) is 12.7. The lowest BCUT2D eigenvalue weighted by Crippen LogP contribution is -2.20. The van der Waals surface area contributed by atoms with Crippen LogP contribution < -0.4 is 19.5 Å². The van der Waals surface area contributed by atoms with Crippen LogP contribution in [0.25, 0.3) is 0 Å². The van der Waals surface area contributed by atoms with Crippen molar-refractivity contribution < 1.29 is 23.4 Å². The van der Waals surface area contributed by atoms with E-state index in [1.807, 2.05) is 6.92 Å². The summed E-state index contributed by atoms with van der Waals surface area (Å²) in [6.45, 7) is 1.91. The predicted octanol–water partition coefficient (Wildman–Crippen LogP) is 3.98. The summed E-state index contributed by atoms with van der Waals surface area (Å²) in [5, 5.41) is 2.86. The molecule has 134 valence electrons. The molecule has 0 fully saturated rings. The van der Waals surface area contributed by atoms with Gasteiger partial charge >= 0.3 is 0 Å². The summed E-state index contributed by atoms with van der Waals surface area (Å²) in [6, 6.07) is 9.28. The molecule has 0 aliphatic carbocycles. The SMILES string of the molecule is CCC(C(=O)Nc1cc(OC)c(OC)c(OC)c1)c1ccc(F)cc1. The number of ether oxygens (including phenoxy) is 3. The number of hydrogen-bond donors (Lipinski definition) is 1. The van der Waals surface area contributed by atoms with Crippen LogP contribution in [0.2, 0.25) is 0 Å². The second-order valence-corrected chi connectivity index (χ2v) is 5.42. The molecule has 1 N–H and O–H groups in total. The summed E-state index contributed by atoms with van der Waals surface area (Å²) in [5.41, 5.74) is 1.29. The van der Waals surface area contributed by atoms with Gasteiger partial charge in [0.2, 0.25) is 11.7 Å². The molecule has 0 aromatic heterocycles. The highest BCUT2D eigenvalue weighted by atomic mass is 19.1. The lowest BCUT2D eigenvalue weighted by Gasteiger charge is -2.18. The molecule has 0 spiro atoms. The minimum atomic E-state index is -0.389. The Hall–Kier alpha value is -2.76. The fourth-order valence-electron chi connectivity index (χ4n) is 2.65. The Labute approximate surface area is 146 Å². The Morgan fingerprint density at radius 3 is 2.04 bits per heavy atom. The van der Waals surface area contributed by atoms with Crippen LogP contribution in [0.4, 0.5) is 10.1 Å². The molecule has 0 heterocycles. The van der Waals surface area contributed by atoms with Gasteiger partial charge in [0, 0.05) is 17.8 Å². The molecule has 0 bridgehead atoms. The lowest BCUT2D eigenvalue weighted by molar-refractivity contribution is -0.117. The average Bonchev–Trinajstić information content (AvgIpc) is 2.62. The number of amides is 1. The van der Waals surface area contributed by atoms with Gasteiger partial charge in [-0.3, -0.25) is 4.79 Å². The normalized spacial score (nSPS) is 11.6. The summed E-state index contributed by atoms with van der Waals surface area (Å²) >= 11 is 0. The summed E-state index contributed by atoms with van der Waals surface area (Å²) < 4.78 is 28.9. The fourth-order valence-corrected chi connectivity index (χ4v) is 2.65. The molecule has 2 aromatic rings. The second kappa shape index (κ2) is 8.37. The van der Waals surface area contributed by atoms with Crippen molar-refractivity contribution in [3.8, 4) is 17.2 Å². The van der Waals surface area contributed by atoms with E-state index in [0.717, 1.165) is 5.56 Å². The first-order valence-corrected chi connectivity index (χ1v) is 7.90. The molecule has 1 amide bonds. The van der Waals surface area contributed by atoms with Gasteiger partial charge in [0.05, 0.1) is 27.2 Å². The number of carbonyl (C=O) groups excluding carboxylic acids is 1. The minimum absolute atomic E-state index is 0.191. The van der Waals surface area contributed by atoms with Gasteiger partial charge in [0.1, 0.15) is 5.82 Å². The maximum Gasteiger partial charge on any atom is 0.231 e. The zero-order chi connectivity index (χ0) is 18.4. The molecular formula is C19H22FNO4. The minimum Gasteiger partial charge on any atom is -0.493 e. The van der Waals surface area contributed by atoms with E-state index in [1.165, 1.54) is 33.5 Å². The van der Waals surface area contributed by atoms with Gasteiger partial charge in [-0.25, -0.2) is 4.39 Å². The van der Waals surface area contributed by atoms with Gasteiger partial charge in [0.25, 0.3) is 0 Å². The molecule has 0 aliphatic rings. The van der Waals surface area contributed by atoms with Crippen molar-refractivity contribution >= 4 is 11.6 Å². The summed E-state index contributed by atoms with van der Waals surface area (Å²) in [7, 11) is 4.53. The molecule has 0 saturated carbocycles. The Balaban J connectivity index is 2.28. The highest BCUT2D eigenvalue weighted by molar-refractivity contribution is 5.96. The van der Waals surface area contributed by atoms with E-state index in [0.29, 0.717) is 29.4 Å². The molecule has 1 unspecified atom stereocenters. The smallest absolute Gasteiger partial charge is 0.231 e. The molecule has 0 radical (unpaired) electrons. The first-order valence-electron chi connectivity index (χ1n) is 7.90. The third-order valence-corrected chi connectivity index (χ3v) is 3.93. The Morgan fingerprint density at radius 1 is 1.04 bits per heavy atom. The van der Waals surface area contributed by atoms with Gasteiger partial charge in [-0.15, -0.1) is 0 Å². The highest BCUT2D eigenvalue weighted by Gasteiger charge is 2.21. The number of rotatable bonds is 7. The average molecular weight is 347 g/mol. The van der Waals surface area contributed by atoms with Crippen LogP contribution in [0.1, 0.15) is 24.8 Å². The Bertz CT molecular complexity index is 706. The van der Waals surface area contributed by atoms with Crippen molar-refractivity contribution in [2.45, 2.75) is 19.3 Å². The van der Waals surface area contributed by atoms with E-state index in [2.05, 4.69) is 5.32 Å². The topological polar surface area (TPSA) is 56.8 Å². The van der Waals surface area contributed by atoms with Gasteiger partial charge in [-0.2, -0.15) is 0 Å². The zero-order valence-corrected chi connectivity index (χ0v) is 14.8. The number of benzene rings is 2. The molecule has 5 nitrogen and oxygen atoms in total. The number of anilines is 1. The van der Waals surface area contributed by atoms with Gasteiger partial charge < -0.3 is 19.5 Å². The molecule has 0 aliphatic heterocycles. The van der Waals surface area contributed by atoms with Crippen molar-refractivity contribution in [1.29, 1.82) is 0 Å². The van der Waals surface area contributed by atoms with Crippen LogP contribution >= 0.6 is 0 Å². The van der Waals surface area contributed by atoms with Crippen LogP contribution in [0.5, 0.6) is 17.2 Å². The molecule has 0 saturated heterocycles. The van der Waals surface area contributed by atoms with Gasteiger partial charge in [-0.05, 0) is 24.1 Å². The molecule has 25 heavy (non-hydrogen) atoms. The van der Waals surface area contributed by atoms with Crippen LogP contribution in [0, 0.1) is 5.82 Å². The van der Waals surface area contributed by atoms with Crippen molar-refractivity contribution in [3.05, 3.63) is 47.8 Å². The quantitative estimate of drug-likeness (QED) is 0.823. The number of carbonyl (C=O) groups is 1. The molecule has 2 rings (SSSR count). The van der Waals surface area contributed by atoms with E-state index < -0.39 is 0 Å². The standard InChI is InChI=1S/C19H22FNO4/c1-5-15(12-6-8-13(20)9-7-12)19(22)21-14-10-16(23-2)18(25-4)17(11-14)24-3/h6-11,15H,5H2,1-4H3,(H,21,22). The summed E-state index contributed by atoms with van der Waals surface area (Å²) in [5.74, 6) is 0.444. The van der Waals surface area contributed by atoms with Gasteiger partial charge in [-0.1, -0.05) is 19.1 Å². The third kappa shape index (κ3) is 4.21. The van der Waals surface area contributed by atoms with Crippen LogP contribution in [0.3, 0.4) is 0 Å². The van der Waals surface area contributed by atoms with Crippen LogP contribution in [0.15, 0.2) is 36.4 Å². The largest absolute Gasteiger partial charge is 0.493 e. The van der Waals surface area contributed by atoms with Crippen molar-refractivity contribution in [3.63, 3.8) is 0 Å². The molecule has 6 heteroatoms. The highest BCUT2D eigenvalue weighted by Crippen LogP contribution is 2.40. The van der Waals surface area contributed by atoms with E-state index >= 15 is 0 Å². The fraction of sp³-hybridized carbons (Fsp3) is 0.316. The Kier molecular flexibility index (Phi) is 6.22. The van der Waals surface area contributed by atoms with Gasteiger partial charge in [0.15, 0.2) is 11.5 Å². The first-order chi connectivity index (χ1) is 12.0. The van der Waals surface area contributed by atoms with Crippen molar-refractivity contribution in [2.24, 2.45) is 0 Å². The monoisotopic (exact) mass is 347 g/mol. The number of methoxy groups -OCH3 is 3. The lowest BCUT2D eigenvalue weighted by atomic mass is 9.95. The van der Waals surface area contributed by atoms with E-state index in [-0.39, 0.29) is 17.6 Å². The number of halogens is 1. The predicted molar refractivity (Wildman–Crippen MR) is 94.2 cm³/mol. The van der Waals surface area contributed by atoms with Crippen molar-refractivity contribution in [2.75, 3.05) is 26.6 Å². The van der Waals surface area contributed by atoms with E-state index in [9.17, 15) is 9.18 Å². The third-order valence-electron chi connectivity index (χ3n) is 3.93. The van der Waals surface area contributed by atoms with E-state index in [1.54, 1.807) is 24.3 Å². The summed E-state index contributed by atoms with van der Waals surface area (Å²) in [6.07, 6.45) is 0.585.